The van der Waals surface area contributed by atoms with E-state index in [0.717, 1.165) is 0 Å². The molecule has 0 radical (unpaired) electrons. The summed E-state index contributed by atoms with van der Waals surface area (Å²) in [6.07, 6.45) is 3.89. The lowest BCUT2D eigenvalue weighted by molar-refractivity contribution is -0.759. The van der Waals surface area contributed by atoms with Crippen molar-refractivity contribution in [1.29, 1.82) is 0 Å². The van der Waals surface area contributed by atoms with Gasteiger partial charge >= 0.3 is 10.3 Å². The van der Waals surface area contributed by atoms with Gasteiger partial charge in [-0.25, -0.2) is 4.55 Å². The van der Waals surface area contributed by atoms with Gasteiger partial charge in [-0.05, 0) is 6.42 Å². The molecular formula is C7H15N2O3S+. The Balaban J connectivity index is 2.98. The maximum Gasteiger partial charge on any atom is 0.438 e. The van der Waals surface area contributed by atoms with E-state index in [9.17, 15) is 8.42 Å². The molecule has 76 valence electrons. The molecule has 1 atom stereocenters. The van der Waals surface area contributed by atoms with Crippen molar-refractivity contribution in [2.45, 2.75) is 13.3 Å². The predicted octanol–water partition coefficient (Wildman–Crippen LogP) is 0.390. The zero-order chi connectivity index (χ0) is 10.1. The lowest BCUT2D eigenvalue weighted by atomic mass is 10.4. The highest BCUT2D eigenvalue weighted by atomic mass is 32.2. The molecule has 6 heteroatoms. The number of nitrogens with zero attached hydrogens (tertiary/aromatic N) is 2. The molecule has 0 aromatic rings. The van der Waals surface area contributed by atoms with Gasteiger partial charge in [-0.1, -0.05) is 6.92 Å². The fourth-order valence-corrected chi connectivity index (χ4v) is 2.45. The van der Waals surface area contributed by atoms with Gasteiger partial charge in [0.05, 0.1) is 6.20 Å². The first kappa shape index (κ1) is 10.5. The van der Waals surface area contributed by atoms with Gasteiger partial charge in [0.1, 0.15) is 12.7 Å². The van der Waals surface area contributed by atoms with Crippen LogP contribution in [0.4, 0.5) is 0 Å². The van der Waals surface area contributed by atoms with E-state index in [1.165, 1.54) is 6.20 Å². The molecule has 0 bridgehead atoms. The van der Waals surface area contributed by atoms with Gasteiger partial charge in [0.25, 0.3) is 0 Å². The van der Waals surface area contributed by atoms with Crippen molar-refractivity contribution < 1.29 is 16.9 Å². The Morgan fingerprint density at radius 2 is 2.23 bits per heavy atom. The number of quaternary nitrogens is 1. The van der Waals surface area contributed by atoms with E-state index in [4.69, 9.17) is 4.55 Å². The topological polar surface area (TPSA) is 57.6 Å². The molecule has 0 spiro atoms. The van der Waals surface area contributed by atoms with E-state index in [-0.39, 0.29) is 10.6 Å². The van der Waals surface area contributed by atoms with Crippen LogP contribution in [0.15, 0.2) is 12.4 Å². The maximum atomic E-state index is 11.1. The largest absolute Gasteiger partial charge is 0.438 e. The van der Waals surface area contributed by atoms with Crippen LogP contribution in [-0.4, -0.2) is 42.0 Å². The van der Waals surface area contributed by atoms with Crippen LogP contribution in [0.3, 0.4) is 0 Å². The quantitative estimate of drug-likeness (QED) is 0.537. The van der Waals surface area contributed by atoms with E-state index in [1.54, 1.807) is 18.1 Å². The molecule has 1 aliphatic rings. The van der Waals surface area contributed by atoms with Crippen LogP contribution in [-0.2, 0) is 10.3 Å². The third-order valence-electron chi connectivity index (χ3n) is 2.12. The fraction of sp³-hybridized carbons (Fsp3) is 0.714. The minimum atomic E-state index is -4.05. The van der Waals surface area contributed by atoms with Crippen molar-refractivity contribution >= 4 is 10.3 Å². The second-order valence-corrected chi connectivity index (χ2v) is 4.94. The lowest BCUT2D eigenvalue weighted by Crippen LogP contribution is -2.49. The zero-order valence-corrected chi connectivity index (χ0v) is 8.66. The zero-order valence-electron chi connectivity index (χ0n) is 7.84. The van der Waals surface area contributed by atoms with E-state index in [1.807, 2.05) is 6.92 Å². The average molecular weight is 207 g/mol. The van der Waals surface area contributed by atoms with Crippen LogP contribution >= 0.6 is 0 Å². The molecule has 1 N–H and O–H groups in total. The molecule has 13 heavy (non-hydrogen) atoms. The van der Waals surface area contributed by atoms with Gasteiger partial charge in [0, 0.05) is 7.05 Å². The van der Waals surface area contributed by atoms with Gasteiger partial charge in [-0.3, -0.25) is 0 Å². The Labute approximate surface area is 78.7 Å². The molecular weight excluding hydrogens is 192 g/mol. The first-order chi connectivity index (χ1) is 5.91. The normalized spacial score (nSPS) is 28.4. The number of rotatable bonds is 3. The minimum Gasteiger partial charge on any atom is -0.328 e. The standard InChI is InChI=1S/C7H14N2O3S/c1-3-5-9(13(10,11)12)6-4-8(2)7-9/h4,6H,3,5,7H2,1-2H3/p+1. The molecule has 1 heterocycles. The van der Waals surface area contributed by atoms with Crippen LogP contribution in [0.1, 0.15) is 13.3 Å². The highest BCUT2D eigenvalue weighted by Gasteiger charge is 2.42. The Bertz CT molecular complexity index is 312. The van der Waals surface area contributed by atoms with Crippen LogP contribution in [0, 0.1) is 0 Å². The van der Waals surface area contributed by atoms with Crippen LogP contribution in [0.25, 0.3) is 0 Å². The molecule has 5 nitrogen and oxygen atoms in total. The highest BCUT2D eigenvalue weighted by Crippen LogP contribution is 2.22. The van der Waals surface area contributed by atoms with Crippen LogP contribution in [0.2, 0.25) is 0 Å². The molecule has 1 unspecified atom stereocenters. The molecule has 0 aromatic heterocycles. The monoisotopic (exact) mass is 207 g/mol. The van der Waals surface area contributed by atoms with Crippen molar-refractivity contribution in [3.05, 3.63) is 12.4 Å². The Hall–Kier alpha value is -0.590. The van der Waals surface area contributed by atoms with Gasteiger partial charge in [0.15, 0.2) is 6.67 Å². The summed E-state index contributed by atoms with van der Waals surface area (Å²) in [5.41, 5.74) is 0. The van der Waals surface area contributed by atoms with Gasteiger partial charge in [0.2, 0.25) is 0 Å². The van der Waals surface area contributed by atoms with E-state index >= 15 is 0 Å². The lowest BCUT2D eigenvalue weighted by Gasteiger charge is -2.26. The summed E-state index contributed by atoms with van der Waals surface area (Å²) in [5, 5.41) is 0. The van der Waals surface area contributed by atoms with E-state index < -0.39 is 10.3 Å². The van der Waals surface area contributed by atoms with Crippen molar-refractivity contribution in [3.63, 3.8) is 0 Å². The third kappa shape index (κ3) is 1.84. The minimum absolute atomic E-state index is 0.284. The molecule has 0 saturated carbocycles. The number of hydrogen-bond donors (Lipinski definition) is 1. The molecule has 1 rings (SSSR count). The third-order valence-corrected chi connectivity index (χ3v) is 3.46. The summed E-state index contributed by atoms with van der Waals surface area (Å²) in [6, 6.07) is 0. The SMILES string of the molecule is CCC[N+]1(S(=O)(=O)O)C=CN(C)C1. The first-order valence-corrected chi connectivity index (χ1v) is 5.55. The molecule has 1 aliphatic heterocycles. The van der Waals surface area contributed by atoms with Crippen LogP contribution in [0.5, 0.6) is 0 Å². The smallest absolute Gasteiger partial charge is 0.328 e. The first-order valence-electron chi connectivity index (χ1n) is 4.15. The number of hydrogen-bond acceptors (Lipinski definition) is 3. The summed E-state index contributed by atoms with van der Waals surface area (Å²) in [4.78, 5) is 1.74. The molecule has 0 fully saturated rings. The average Bonchev–Trinajstić information content (AvgIpc) is 2.32. The summed E-state index contributed by atoms with van der Waals surface area (Å²) >= 11 is 0. The molecule has 0 amide bonds. The maximum absolute atomic E-state index is 11.1. The van der Waals surface area contributed by atoms with Crippen molar-refractivity contribution in [2.24, 2.45) is 0 Å². The van der Waals surface area contributed by atoms with Gasteiger partial charge in [-0.15, -0.1) is 12.3 Å². The summed E-state index contributed by atoms with van der Waals surface area (Å²) in [6.45, 7) is 2.57. The van der Waals surface area contributed by atoms with Gasteiger partial charge < -0.3 is 4.90 Å². The van der Waals surface area contributed by atoms with Crippen molar-refractivity contribution in [1.82, 2.24) is 4.90 Å². The predicted molar refractivity (Wildman–Crippen MR) is 48.7 cm³/mol. The summed E-state index contributed by atoms with van der Waals surface area (Å²) in [7, 11) is -2.28. The summed E-state index contributed by atoms with van der Waals surface area (Å²) < 4.78 is 31.0. The Kier molecular flexibility index (Phi) is 2.65. The Morgan fingerprint density at radius 3 is 2.54 bits per heavy atom. The van der Waals surface area contributed by atoms with Crippen LogP contribution < -0.4 is 0 Å². The van der Waals surface area contributed by atoms with Gasteiger partial charge in [-0.2, -0.15) is 0 Å². The second kappa shape index (κ2) is 3.28. The fourth-order valence-electron chi connectivity index (χ4n) is 1.50. The molecule has 0 aliphatic carbocycles. The second-order valence-electron chi connectivity index (χ2n) is 3.32. The summed E-state index contributed by atoms with van der Waals surface area (Å²) in [5.74, 6) is 0. The molecule has 0 saturated heterocycles. The van der Waals surface area contributed by atoms with Crippen molar-refractivity contribution in [2.75, 3.05) is 20.3 Å². The van der Waals surface area contributed by atoms with Crippen molar-refractivity contribution in [3.8, 4) is 0 Å². The molecule has 0 aromatic carbocycles. The highest BCUT2D eigenvalue weighted by molar-refractivity contribution is 7.80. The van der Waals surface area contributed by atoms with E-state index in [2.05, 4.69) is 0 Å². The van der Waals surface area contributed by atoms with E-state index in [0.29, 0.717) is 13.0 Å². The Morgan fingerprint density at radius 1 is 1.62 bits per heavy atom.